The lowest BCUT2D eigenvalue weighted by molar-refractivity contribution is 0.102. The van der Waals surface area contributed by atoms with Crippen molar-refractivity contribution in [3.63, 3.8) is 0 Å². The summed E-state index contributed by atoms with van der Waals surface area (Å²) in [6.07, 6.45) is 3.03. The standard InChI is InChI=1S/C12H11BrN2O3/c1-2-15-7-8(3-4-10(15)16)14-12(17)9-5-6-18-11(9)13/h3-7H,2H2,1H3,(H,14,17). The fourth-order valence-corrected chi connectivity index (χ4v) is 1.93. The van der Waals surface area contributed by atoms with E-state index in [9.17, 15) is 9.59 Å². The molecule has 0 atom stereocenters. The second-order valence-electron chi connectivity index (χ2n) is 3.60. The molecule has 1 N–H and O–H groups in total. The van der Waals surface area contributed by atoms with E-state index in [0.29, 0.717) is 22.5 Å². The summed E-state index contributed by atoms with van der Waals surface area (Å²) >= 11 is 3.14. The zero-order valence-corrected chi connectivity index (χ0v) is 11.2. The van der Waals surface area contributed by atoms with Crippen LogP contribution in [0.15, 0.2) is 44.5 Å². The van der Waals surface area contributed by atoms with Crippen LogP contribution in [0.5, 0.6) is 0 Å². The van der Waals surface area contributed by atoms with Crippen LogP contribution in [0.4, 0.5) is 5.69 Å². The Morgan fingerprint density at radius 1 is 1.44 bits per heavy atom. The Bertz CT molecular complexity index is 630. The minimum absolute atomic E-state index is 0.0972. The van der Waals surface area contributed by atoms with E-state index in [2.05, 4.69) is 21.2 Å². The van der Waals surface area contributed by atoms with Crippen LogP contribution >= 0.6 is 15.9 Å². The maximum atomic E-state index is 11.9. The monoisotopic (exact) mass is 310 g/mol. The molecule has 0 aromatic carbocycles. The Morgan fingerprint density at radius 2 is 2.22 bits per heavy atom. The minimum atomic E-state index is -0.295. The molecule has 0 aliphatic carbocycles. The average molecular weight is 311 g/mol. The summed E-state index contributed by atoms with van der Waals surface area (Å²) < 4.78 is 6.88. The molecule has 0 radical (unpaired) electrons. The molecular formula is C12H11BrN2O3. The van der Waals surface area contributed by atoms with Gasteiger partial charge in [0.2, 0.25) is 0 Å². The topological polar surface area (TPSA) is 64.2 Å². The number of halogens is 1. The highest BCUT2D eigenvalue weighted by molar-refractivity contribution is 9.10. The molecule has 0 bridgehead atoms. The Labute approximate surface area is 112 Å². The van der Waals surface area contributed by atoms with Gasteiger partial charge in [-0.3, -0.25) is 9.59 Å². The summed E-state index contributed by atoms with van der Waals surface area (Å²) in [5.41, 5.74) is 0.874. The zero-order chi connectivity index (χ0) is 13.1. The second kappa shape index (κ2) is 5.22. The Kier molecular flexibility index (Phi) is 3.66. The summed E-state index contributed by atoms with van der Waals surface area (Å²) in [5, 5.41) is 2.70. The average Bonchev–Trinajstić information content (AvgIpc) is 2.78. The number of amides is 1. The van der Waals surface area contributed by atoms with Gasteiger partial charge in [0.1, 0.15) is 0 Å². The smallest absolute Gasteiger partial charge is 0.260 e. The summed E-state index contributed by atoms with van der Waals surface area (Å²) in [6, 6.07) is 4.55. The van der Waals surface area contributed by atoms with Gasteiger partial charge in [-0.15, -0.1) is 0 Å². The normalized spacial score (nSPS) is 10.3. The number of furan rings is 1. The lowest BCUT2D eigenvalue weighted by atomic mass is 10.3. The third-order valence-corrected chi connectivity index (χ3v) is 3.06. The van der Waals surface area contributed by atoms with E-state index in [1.54, 1.807) is 18.3 Å². The molecule has 0 aliphatic heterocycles. The van der Waals surface area contributed by atoms with Crippen molar-refractivity contribution in [3.05, 3.63) is 51.2 Å². The first-order valence-corrected chi connectivity index (χ1v) is 6.16. The lowest BCUT2D eigenvalue weighted by Gasteiger charge is -2.07. The van der Waals surface area contributed by atoms with Crippen LogP contribution in [0.2, 0.25) is 0 Å². The first-order chi connectivity index (χ1) is 8.61. The van der Waals surface area contributed by atoms with Gasteiger partial charge in [0.15, 0.2) is 4.67 Å². The maximum Gasteiger partial charge on any atom is 0.260 e. The van der Waals surface area contributed by atoms with Crippen LogP contribution in [-0.4, -0.2) is 10.5 Å². The predicted octanol–water partition coefficient (Wildman–Crippen LogP) is 2.48. The van der Waals surface area contributed by atoms with Crippen molar-refractivity contribution in [1.82, 2.24) is 4.57 Å². The summed E-state index contributed by atoms with van der Waals surface area (Å²) in [6.45, 7) is 2.41. The van der Waals surface area contributed by atoms with Crippen molar-refractivity contribution in [2.24, 2.45) is 0 Å². The number of aryl methyl sites for hydroxylation is 1. The summed E-state index contributed by atoms with van der Waals surface area (Å²) in [7, 11) is 0. The number of carbonyl (C=O) groups excluding carboxylic acids is 1. The fourth-order valence-electron chi connectivity index (χ4n) is 1.51. The van der Waals surface area contributed by atoms with Gasteiger partial charge >= 0.3 is 0 Å². The van der Waals surface area contributed by atoms with E-state index in [0.717, 1.165) is 0 Å². The number of aromatic nitrogens is 1. The first kappa shape index (κ1) is 12.6. The third-order valence-electron chi connectivity index (χ3n) is 2.44. The molecule has 2 aromatic heterocycles. The van der Waals surface area contributed by atoms with Crippen molar-refractivity contribution in [2.75, 3.05) is 5.32 Å². The number of hydrogen-bond donors (Lipinski definition) is 1. The van der Waals surface area contributed by atoms with E-state index >= 15 is 0 Å². The number of nitrogens with zero attached hydrogens (tertiary/aromatic N) is 1. The van der Waals surface area contributed by atoms with Gasteiger partial charge in [0.05, 0.1) is 17.5 Å². The van der Waals surface area contributed by atoms with E-state index in [4.69, 9.17) is 4.42 Å². The molecule has 0 aliphatic rings. The van der Waals surface area contributed by atoms with Gasteiger partial charge in [-0.05, 0) is 35.0 Å². The predicted molar refractivity (Wildman–Crippen MR) is 70.7 cm³/mol. The number of carbonyl (C=O) groups is 1. The van der Waals surface area contributed by atoms with E-state index in [1.807, 2.05) is 6.92 Å². The molecule has 6 heteroatoms. The lowest BCUT2D eigenvalue weighted by Crippen LogP contribution is -2.19. The van der Waals surface area contributed by atoms with Gasteiger partial charge in [-0.1, -0.05) is 0 Å². The number of hydrogen-bond acceptors (Lipinski definition) is 3. The Balaban J connectivity index is 2.22. The van der Waals surface area contributed by atoms with E-state index in [-0.39, 0.29) is 11.5 Å². The summed E-state index contributed by atoms with van der Waals surface area (Å²) in [4.78, 5) is 23.3. The number of pyridine rings is 1. The van der Waals surface area contributed by atoms with Crippen LogP contribution in [0.1, 0.15) is 17.3 Å². The molecular weight excluding hydrogens is 300 g/mol. The fraction of sp³-hybridized carbons (Fsp3) is 0.167. The van der Waals surface area contributed by atoms with Crippen LogP contribution in [-0.2, 0) is 6.54 Å². The molecule has 0 saturated carbocycles. The number of nitrogens with one attached hydrogen (secondary N) is 1. The van der Waals surface area contributed by atoms with Crippen molar-refractivity contribution >= 4 is 27.5 Å². The number of anilines is 1. The van der Waals surface area contributed by atoms with Crippen LogP contribution in [0.25, 0.3) is 0 Å². The Hall–Kier alpha value is -1.82. The van der Waals surface area contributed by atoms with Crippen LogP contribution in [0, 0.1) is 0 Å². The van der Waals surface area contributed by atoms with Gasteiger partial charge in [0.25, 0.3) is 11.5 Å². The van der Waals surface area contributed by atoms with Gasteiger partial charge in [-0.2, -0.15) is 0 Å². The van der Waals surface area contributed by atoms with Gasteiger partial charge < -0.3 is 14.3 Å². The molecule has 0 saturated heterocycles. The molecule has 18 heavy (non-hydrogen) atoms. The zero-order valence-electron chi connectivity index (χ0n) is 9.64. The number of rotatable bonds is 3. The molecule has 0 spiro atoms. The van der Waals surface area contributed by atoms with Crippen molar-refractivity contribution in [2.45, 2.75) is 13.5 Å². The van der Waals surface area contributed by atoms with E-state index in [1.165, 1.54) is 16.9 Å². The first-order valence-electron chi connectivity index (χ1n) is 5.36. The quantitative estimate of drug-likeness (QED) is 0.947. The van der Waals surface area contributed by atoms with Crippen LogP contribution < -0.4 is 10.9 Å². The summed E-state index contributed by atoms with van der Waals surface area (Å²) in [5.74, 6) is -0.295. The molecule has 1 amide bonds. The van der Waals surface area contributed by atoms with Crippen molar-refractivity contribution in [1.29, 1.82) is 0 Å². The van der Waals surface area contributed by atoms with Gasteiger partial charge in [0, 0.05) is 18.8 Å². The minimum Gasteiger partial charge on any atom is -0.457 e. The highest BCUT2D eigenvalue weighted by atomic mass is 79.9. The third kappa shape index (κ3) is 2.53. The molecule has 0 fully saturated rings. The molecule has 2 heterocycles. The SMILES string of the molecule is CCn1cc(NC(=O)c2ccoc2Br)ccc1=O. The molecule has 2 aromatic rings. The second-order valence-corrected chi connectivity index (χ2v) is 4.32. The van der Waals surface area contributed by atoms with Crippen LogP contribution in [0.3, 0.4) is 0 Å². The highest BCUT2D eigenvalue weighted by Crippen LogP contribution is 2.18. The Morgan fingerprint density at radius 3 is 2.83 bits per heavy atom. The van der Waals surface area contributed by atoms with Crippen molar-refractivity contribution < 1.29 is 9.21 Å². The maximum absolute atomic E-state index is 11.9. The van der Waals surface area contributed by atoms with Crippen molar-refractivity contribution in [3.8, 4) is 0 Å². The highest BCUT2D eigenvalue weighted by Gasteiger charge is 2.12. The molecule has 94 valence electrons. The van der Waals surface area contributed by atoms with Gasteiger partial charge in [-0.25, -0.2) is 0 Å². The molecule has 5 nitrogen and oxygen atoms in total. The van der Waals surface area contributed by atoms with E-state index < -0.39 is 0 Å². The molecule has 2 rings (SSSR count). The largest absolute Gasteiger partial charge is 0.457 e. The molecule has 0 unspecified atom stereocenters.